The molecule has 110 valence electrons. The maximum absolute atomic E-state index is 12.4. The number of benzene rings is 2. The first kappa shape index (κ1) is 16.0. The van der Waals surface area contributed by atoms with Crippen LogP contribution in [0.15, 0.2) is 51.4 Å². The van der Waals surface area contributed by atoms with Crippen LogP contribution in [-0.4, -0.2) is 5.91 Å². The molecule has 0 spiro atoms. The number of nitrogens with one attached hydrogen (secondary N) is 1. The molecule has 0 fully saturated rings. The van der Waals surface area contributed by atoms with Gasteiger partial charge >= 0.3 is 6.18 Å². The minimum absolute atomic E-state index is 0.292. The van der Waals surface area contributed by atoms with Crippen LogP contribution in [0.5, 0.6) is 0 Å². The lowest BCUT2D eigenvalue weighted by Gasteiger charge is -2.10. The van der Waals surface area contributed by atoms with Gasteiger partial charge in [-0.1, -0.05) is 15.9 Å². The fourth-order valence-corrected chi connectivity index (χ4v) is 2.40. The Morgan fingerprint density at radius 2 is 1.62 bits per heavy atom. The van der Waals surface area contributed by atoms with Gasteiger partial charge in [0.15, 0.2) is 0 Å². The van der Waals surface area contributed by atoms with Gasteiger partial charge in [-0.25, -0.2) is 0 Å². The van der Waals surface area contributed by atoms with Gasteiger partial charge in [-0.15, -0.1) is 0 Å². The highest BCUT2D eigenvalue weighted by atomic mass is 79.9. The lowest BCUT2D eigenvalue weighted by Crippen LogP contribution is -2.13. The molecule has 21 heavy (non-hydrogen) atoms. The number of rotatable bonds is 2. The Labute approximate surface area is 135 Å². The van der Waals surface area contributed by atoms with E-state index < -0.39 is 17.6 Å². The molecule has 0 heterocycles. The van der Waals surface area contributed by atoms with Crippen LogP contribution < -0.4 is 5.32 Å². The lowest BCUT2D eigenvalue weighted by atomic mass is 10.2. The van der Waals surface area contributed by atoms with Gasteiger partial charge in [-0.05, 0) is 58.4 Å². The van der Waals surface area contributed by atoms with E-state index >= 15 is 0 Å². The molecule has 0 aliphatic rings. The highest BCUT2D eigenvalue weighted by molar-refractivity contribution is 9.11. The smallest absolute Gasteiger partial charge is 0.322 e. The molecule has 0 bridgehead atoms. The summed E-state index contributed by atoms with van der Waals surface area (Å²) < 4.78 is 38.7. The minimum Gasteiger partial charge on any atom is -0.322 e. The normalized spacial score (nSPS) is 11.3. The Hall–Kier alpha value is -1.34. The molecule has 1 amide bonds. The van der Waals surface area contributed by atoms with Crippen LogP contribution in [-0.2, 0) is 6.18 Å². The third-order valence-corrected chi connectivity index (χ3v) is 3.83. The molecular formula is C14H8Br2F3NO. The van der Waals surface area contributed by atoms with E-state index in [2.05, 4.69) is 37.2 Å². The summed E-state index contributed by atoms with van der Waals surface area (Å²) in [6.45, 7) is 0. The second kappa shape index (κ2) is 6.19. The maximum Gasteiger partial charge on any atom is 0.416 e. The van der Waals surface area contributed by atoms with Crippen molar-refractivity contribution in [1.29, 1.82) is 0 Å². The van der Waals surface area contributed by atoms with E-state index in [9.17, 15) is 18.0 Å². The molecule has 0 radical (unpaired) electrons. The number of alkyl halides is 3. The average Bonchev–Trinajstić information content (AvgIpc) is 2.41. The molecule has 2 nitrogen and oxygen atoms in total. The second-order valence-corrected chi connectivity index (χ2v) is 5.92. The van der Waals surface area contributed by atoms with Crippen LogP contribution in [0.4, 0.5) is 18.9 Å². The summed E-state index contributed by atoms with van der Waals surface area (Å²) >= 11 is 6.51. The zero-order valence-corrected chi connectivity index (χ0v) is 13.5. The van der Waals surface area contributed by atoms with E-state index in [0.717, 1.165) is 16.6 Å². The molecule has 2 aromatic carbocycles. The van der Waals surface area contributed by atoms with Gasteiger partial charge in [0.1, 0.15) is 0 Å². The summed E-state index contributed by atoms with van der Waals surface area (Å²) in [4.78, 5) is 12.1. The first-order valence-corrected chi connectivity index (χ1v) is 7.29. The summed E-state index contributed by atoms with van der Waals surface area (Å²) in [5.41, 5.74) is -0.0896. The van der Waals surface area contributed by atoms with E-state index in [1.807, 2.05) is 0 Å². The maximum atomic E-state index is 12.4. The highest BCUT2D eigenvalue weighted by Crippen LogP contribution is 2.30. The van der Waals surface area contributed by atoms with Crippen molar-refractivity contribution in [3.63, 3.8) is 0 Å². The molecule has 2 rings (SSSR count). The van der Waals surface area contributed by atoms with Gasteiger partial charge in [0, 0.05) is 14.6 Å². The molecule has 0 saturated carbocycles. The first-order valence-electron chi connectivity index (χ1n) is 5.71. The molecular weight excluding hydrogens is 415 g/mol. The predicted octanol–water partition coefficient (Wildman–Crippen LogP) is 5.48. The first-order chi connectivity index (χ1) is 9.77. The summed E-state index contributed by atoms with van der Waals surface area (Å²) in [5, 5.41) is 2.55. The van der Waals surface area contributed by atoms with Gasteiger partial charge in [0.2, 0.25) is 0 Å². The van der Waals surface area contributed by atoms with Crippen LogP contribution >= 0.6 is 31.9 Å². The van der Waals surface area contributed by atoms with Gasteiger partial charge in [-0.3, -0.25) is 4.79 Å². The van der Waals surface area contributed by atoms with Gasteiger partial charge in [-0.2, -0.15) is 13.2 Å². The number of hydrogen-bond acceptors (Lipinski definition) is 1. The molecule has 0 aliphatic carbocycles. The lowest BCUT2D eigenvalue weighted by molar-refractivity contribution is -0.137. The number of amides is 1. The molecule has 7 heteroatoms. The molecule has 0 saturated heterocycles. The third-order valence-electron chi connectivity index (χ3n) is 2.64. The van der Waals surface area contributed by atoms with Crippen LogP contribution in [0.3, 0.4) is 0 Å². The Balaban J connectivity index is 2.18. The number of carbonyl (C=O) groups is 1. The van der Waals surface area contributed by atoms with E-state index in [0.29, 0.717) is 15.7 Å². The van der Waals surface area contributed by atoms with Crippen LogP contribution in [0, 0.1) is 0 Å². The van der Waals surface area contributed by atoms with Crippen molar-refractivity contribution in [1.82, 2.24) is 0 Å². The van der Waals surface area contributed by atoms with Crippen molar-refractivity contribution in [2.75, 3.05) is 5.32 Å². The van der Waals surface area contributed by atoms with Gasteiger partial charge in [0.25, 0.3) is 5.91 Å². The summed E-state index contributed by atoms with van der Waals surface area (Å²) in [5.74, 6) is -0.414. The molecule has 1 N–H and O–H groups in total. The standard InChI is InChI=1S/C14H8Br2F3NO/c15-9-3-6-12(16)11(7-9)13(21)20-10-4-1-8(2-5-10)14(17,18)19/h1-7H,(H,20,21). The summed E-state index contributed by atoms with van der Waals surface area (Å²) in [7, 11) is 0. The number of hydrogen-bond donors (Lipinski definition) is 1. The Bertz CT molecular complexity index is 669. The fraction of sp³-hybridized carbons (Fsp3) is 0.0714. The largest absolute Gasteiger partial charge is 0.416 e. The Kier molecular flexibility index (Phi) is 4.73. The zero-order chi connectivity index (χ0) is 15.6. The SMILES string of the molecule is O=C(Nc1ccc(C(F)(F)F)cc1)c1cc(Br)ccc1Br. The fourth-order valence-electron chi connectivity index (χ4n) is 1.61. The number of halogens is 5. The van der Waals surface area contributed by atoms with E-state index in [-0.39, 0.29) is 0 Å². The highest BCUT2D eigenvalue weighted by Gasteiger charge is 2.30. The number of carbonyl (C=O) groups excluding carboxylic acids is 1. The molecule has 0 unspecified atom stereocenters. The van der Waals surface area contributed by atoms with Crippen molar-refractivity contribution in [2.45, 2.75) is 6.18 Å². The second-order valence-electron chi connectivity index (χ2n) is 4.15. The van der Waals surface area contributed by atoms with Gasteiger partial charge < -0.3 is 5.32 Å². The van der Waals surface area contributed by atoms with Crippen molar-refractivity contribution in [3.8, 4) is 0 Å². The van der Waals surface area contributed by atoms with Crippen molar-refractivity contribution < 1.29 is 18.0 Å². The zero-order valence-electron chi connectivity index (χ0n) is 10.3. The van der Waals surface area contributed by atoms with Gasteiger partial charge in [0.05, 0.1) is 11.1 Å². The van der Waals surface area contributed by atoms with Crippen molar-refractivity contribution in [3.05, 3.63) is 62.5 Å². The number of anilines is 1. The quantitative estimate of drug-likeness (QED) is 0.681. The minimum atomic E-state index is -4.39. The van der Waals surface area contributed by atoms with Crippen LogP contribution in [0.25, 0.3) is 0 Å². The summed E-state index contributed by atoms with van der Waals surface area (Å²) in [6, 6.07) is 9.35. The van der Waals surface area contributed by atoms with Crippen LogP contribution in [0.2, 0.25) is 0 Å². The molecule has 0 atom stereocenters. The van der Waals surface area contributed by atoms with Crippen molar-refractivity contribution >= 4 is 43.5 Å². The Morgan fingerprint density at radius 3 is 2.19 bits per heavy atom. The Morgan fingerprint density at radius 1 is 1.00 bits per heavy atom. The van der Waals surface area contributed by atoms with E-state index in [4.69, 9.17) is 0 Å². The summed E-state index contributed by atoms with van der Waals surface area (Å²) in [6.07, 6.45) is -4.39. The topological polar surface area (TPSA) is 29.1 Å². The molecule has 2 aromatic rings. The predicted molar refractivity (Wildman–Crippen MR) is 81.2 cm³/mol. The van der Waals surface area contributed by atoms with Crippen LogP contribution in [0.1, 0.15) is 15.9 Å². The monoisotopic (exact) mass is 421 g/mol. The average molecular weight is 423 g/mol. The third kappa shape index (κ3) is 4.07. The van der Waals surface area contributed by atoms with E-state index in [1.54, 1.807) is 18.2 Å². The molecule has 0 aliphatic heterocycles. The van der Waals surface area contributed by atoms with E-state index in [1.165, 1.54) is 12.1 Å². The molecule has 0 aromatic heterocycles. The van der Waals surface area contributed by atoms with Crippen molar-refractivity contribution in [2.24, 2.45) is 0 Å².